The average Bonchev–Trinajstić information content (AvgIpc) is 3.02. The predicted molar refractivity (Wildman–Crippen MR) is 104 cm³/mol. The van der Waals surface area contributed by atoms with Crippen LogP contribution in [0.1, 0.15) is 77.6 Å². The van der Waals surface area contributed by atoms with Crippen molar-refractivity contribution in [2.75, 3.05) is 19.8 Å². The summed E-state index contributed by atoms with van der Waals surface area (Å²) in [6, 6.07) is 0. The van der Waals surface area contributed by atoms with Crippen molar-refractivity contribution in [3.05, 3.63) is 12.2 Å². The monoisotopic (exact) mass is 372 g/mol. The van der Waals surface area contributed by atoms with Crippen molar-refractivity contribution in [2.45, 2.75) is 102 Å². The van der Waals surface area contributed by atoms with E-state index in [1.54, 1.807) is 0 Å². The number of hydrogen-bond donors (Lipinski definition) is 3. The maximum atomic E-state index is 10.0. The van der Waals surface area contributed by atoms with Gasteiger partial charge in [-0.1, -0.05) is 57.6 Å². The molecule has 154 valence electrons. The van der Waals surface area contributed by atoms with Gasteiger partial charge in [0, 0.05) is 6.61 Å². The van der Waals surface area contributed by atoms with Crippen molar-refractivity contribution >= 4 is 0 Å². The molecule has 4 atom stereocenters. The second-order valence-electron chi connectivity index (χ2n) is 7.32. The number of aliphatic hydroxyl groups is 3. The van der Waals surface area contributed by atoms with Crippen LogP contribution in [-0.2, 0) is 9.47 Å². The minimum atomic E-state index is -1.05. The van der Waals surface area contributed by atoms with Gasteiger partial charge < -0.3 is 24.8 Å². The highest BCUT2D eigenvalue weighted by Crippen LogP contribution is 2.20. The number of aliphatic hydroxyl groups excluding tert-OH is 3. The molecule has 0 aromatic rings. The zero-order valence-corrected chi connectivity index (χ0v) is 16.5. The van der Waals surface area contributed by atoms with Crippen molar-refractivity contribution < 1.29 is 24.8 Å². The molecule has 0 saturated carbocycles. The summed E-state index contributed by atoms with van der Waals surface area (Å²) < 4.78 is 11.0. The van der Waals surface area contributed by atoms with Gasteiger partial charge in [0.1, 0.15) is 24.4 Å². The normalized spacial score (nSPS) is 24.5. The molecule has 0 bridgehead atoms. The molecule has 0 amide bonds. The van der Waals surface area contributed by atoms with Gasteiger partial charge in [-0.3, -0.25) is 0 Å². The third kappa shape index (κ3) is 10.0. The molecular formula is C21H40O5. The van der Waals surface area contributed by atoms with Crippen LogP contribution in [0.4, 0.5) is 0 Å². The van der Waals surface area contributed by atoms with Crippen LogP contribution in [0.15, 0.2) is 12.2 Å². The Bertz CT molecular complexity index is 347. The minimum absolute atomic E-state index is 0.270. The summed E-state index contributed by atoms with van der Waals surface area (Å²) in [7, 11) is 0. The third-order valence-electron chi connectivity index (χ3n) is 4.97. The molecule has 1 fully saturated rings. The summed E-state index contributed by atoms with van der Waals surface area (Å²) in [6.45, 7) is 2.70. The van der Waals surface area contributed by atoms with Crippen molar-refractivity contribution in [3.63, 3.8) is 0 Å². The van der Waals surface area contributed by atoms with E-state index in [1.807, 2.05) is 0 Å². The van der Waals surface area contributed by atoms with Gasteiger partial charge >= 0.3 is 0 Å². The van der Waals surface area contributed by atoms with Gasteiger partial charge in [0.05, 0.1) is 13.2 Å². The van der Waals surface area contributed by atoms with Gasteiger partial charge in [-0.05, 0) is 32.1 Å². The molecule has 1 heterocycles. The number of unbranched alkanes of at least 4 members (excludes halogenated alkanes) is 9. The minimum Gasteiger partial charge on any atom is -0.394 e. The molecule has 0 aliphatic carbocycles. The van der Waals surface area contributed by atoms with E-state index < -0.39 is 31.0 Å². The van der Waals surface area contributed by atoms with Crippen LogP contribution < -0.4 is 0 Å². The molecular weight excluding hydrogens is 332 g/mol. The van der Waals surface area contributed by atoms with Crippen molar-refractivity contribution in [1.82, 2.24) is 0 Å². The fourth-order valence-corrected chi connectivity index (χ4v) is 3.26. The number of rotatable bonds is 16. The first-order valence-corrected chi connectivity index (χ1v) is 10.6. The lowest BCUT2D eigenvalue weighted by molar-refractivity contribution is -0.0730. The second-order valence-corrected chi connectivity index (χ2v) is 7.32. The SMILES string of the molecule is CCCCCCC/C=C/CCCCCCO[C@H]1CO[C@H]([C@H](O)CO)[C@@H]1O. The molecule has 1 rings (SSSR count). The quantitative estimate of drug-likeness (QED) is 0.286. The van der Waals surface area contributed by atoms with Gasteiger partial charge in [0.15, 0.2) is 0 Å². The highest BCUT2D eigenvalue weighted by atomic mass is 16.6. The molecule has 5 heteroatoms. The van der Waals surface area contributed by atoms with Crippen LogP contribution in [0.2, 0.25) is 0 Å². The van der Waals surface area contributed by atoms with Crippen LogP contribution in [0.5, 0.6) is 0 Å². The predicted octanol–water partition coefficient (Wildman–Crippen LogP) is 3.35. The third-order valence-corrected chi connectivity index (χ3v) is 4.97. The Morgan fingerprint density at radius 3 is 2.23 bits per heavy atom. The van der Waals surface area contributed by atoms with Crippen LogP contribution in [0.25, 0.3) is 0 Å². The lowest BCUT2D eigenvalue weighted by Gasteiger charge is -2.20. The Morgan fingerprint density at radius 2 is 1.62 bits per heavy atom. The van der Waals surface area contributed by atoms with Crippen LogP contribution in [0, 0.1) is 0 Å². The molecule has 0 unspecified atom stereocenters. The Kier molecular flexibility index (Phi) is 14.1. The molecule has 1 aliphatic rings. The number of allylic oxidation sites excluding steroid dienone is 2. The highest BCUT2D eigenvalue weighted by Gasteiger charge is 2.40. The van der Waals surface area contributed by atoms with E-state index in [1.165, 1.54) is 51.4 Å². The van der Waals surface area contributed by atoms with Crippen LogP contribution in [0.3, 0.4) is 0 Å². The Morgan fingerprint density at radius 1 is 1.00 bits per heavy atom. The standard InChI is InChI=1S/C21H40O5/c1-2-3-4-5-6-7-8-9-10-11-12-13-14-15-25-19-17-26-21(20(19)24)18(23)16-22/h8-9,18-24H,2-7,10-17H2,1H3/b9-8+/t18-,19+,20-,21-/m1/s1. The maximum Gasteiger partial charge on any atom is 0.114 e. The van der Waals surface area contributed by atoms with Crippen LogP contribution in [-0.4, -0.2) is 59.6 Å². The zero-order chi connectivity index (χ0) is 19.0. The Balaban J connectivity index is 1.89. The summed E-state index contributed by atoms with van der Waals surface area (Å²) >= 11 is 0. The summed E-state index contributed by atoms with van der Waals surface area (Å²) in [5.41, 5.74) is 0. The second kappa shape index (κ2) is 15.6. The first-order chi connectivity index (χ1) is 12.7. The molecule has 1 aliphatic heterocycles. The molecule has 5 nitrogen and oxygen atoms in total. The van der Waals surface area contributed by atoms with Gasteiger partial charge in [-0.15, -0.1) is 0 Å². The largest absolute Gasteiger partial charge is 0.394 e. The van der Waals surface area contributed by atoms with Gasteiger partial charge in [-0.25, -0.2) is 0 Å². The summed E-state index contributed by atoms with van der Waals surface area (Å²) in [5, 5.41) is 28.5. The van der Waals surface area contributed by atoms with E-state index in [-0.39, 0.29) is 6.61 Å². The number of hydrogen-bond acceptors (Lipinski definition) is 5. The van der Waals surface area contributed by atoms with Crippen LogP contribution >= 0.6 is 0 Å². The Hall–Kier alpha value is -0.460. The number of ether oxygens (including phenoxy) is 2. The van der Waals surface area contributed by atoms with E-state index in [0.717, 1.165) is 19.3 Å². The van der Waals surface area contributed by atoms with Gasteiger partial charge in [0.2, 0.25) is 0 Å². The highest BCUT2D eigenvalue weighted by molar-refractivity contribution is 4.88. The lowest BCUT2D eigenvalue weighted by Crippen LogP contribution is -2.41. The van der Waals surface area contributed by atoms with E-state index >= 15 is 0 Å². The maximum absolute atomic E-state index is 10.0. The van der Waals surface area contributed by atoms with Crippen molar-refractivity contribution in [2.24, 2.45) is 0 Å². The topological polar surface area (TPSA) is 79.2 Å². The summed E-state index contributed by atoms with van der Waals surface area (Å²) in [5.74, 6) is 0. The van der Waals surface area contributed by atoms with E-state index in [0.29, 0.717) is 6.61 Å². The van der Waals surface area contributed by atoms with E-state index in [9.17, 15) is 10.2 Å². The van der Waals surface area contributed by atoms with Crippen molar-refractivity contribution in [1.29, 1.82) is 0 Å². The van der Waals surface area contributed by atoms with E-state index in [4.69, 9.17) is 14.6 Å². The molecule has 1 saturated heterocycles. The summed E-state index contributed by atoms with van der Waals surface area (Å²) in [4.78, 5) is 0. The molecule has 0 spiro atoms. The Labute approximate surface area is 159 Å². The summed E-state index contributed by atoms with van der Waals surface area (Å²) in [6.07, 6.45) is 15.2. The first kappa shape index (κ1) is 23.6. The fourth-order valence-electron chi connectivity index (χ4n) is 3.26. The van der Waals surface area contributed by atoms with Crippen molar-refractivity contribution in [3.8, 4) is 0 Å². The smallest absolute Gasteiger partial charge is 0.114 e. The first-order valence-electron chi connectivity index (χ1n) is 10.6. The van der Waals surface area contributed by atoms with Gasteiger partial charge in [0.25, 0.3) is 0 Å². The van der Waals surface area contributed by atoms with E-state index in [2.05, 4.69) is 19.1 Å². The molecule has 0 radical (unpaired) electrons. The van der Waals surface area contributed by atoms with Gasteiger partial charge in [-0.2, -0.15) is 0 Å². The molecule has 26 heavy (non-hydrogen) atoms. The molecule has 0 aromatic carbocycles. The lowest BCUT2D eigenvalue weighted by atomic mass is 10.1. The molecule has 0 aromatic heterocycles. The zero-order valence-electron chi connectivity index (χ0n) is 16.5. The fraction of sp³-hybridized carbons (Fsp3) is 0.905. The average molecular weight is 373 g/mol. The molecule has 3 N–H and O–H groups in total.